The molecule has 0 saturated carbocycles. The number of aliphatic hydroxyl groups excluding tert-OH is 1. The van der Waals surface area contributed by atoms with Gasteiger partial charge in [-0.25, -0.2) is 0 Å². The number of nitrogens with one attached hydrogen (secondary N) is 2. The van der Waals surface area contributed by atoms with Crippen LogP contribution in [-0.2, 0) is 19.1 Å². The Kier molecular flexibility index (Phi) is 8.35. The Labute approximate surface area is 257 Å². The number of fused-ring (bicyclic) bond motifs is 2. The van der Waals surface area contributed by atoms with Gasteiger partial charge in [-0.3, -0.25) is 14.4 Å². The monoisotopic (exact) mass is 599 g/mol. The van der Waals surface area contributed by atoms with Crippen LogP contribution in [0.5, 0.6) is 5.75 Å². The summed E-state index contributed by atoms with van der Waals surface area (Å²) >= 11 is 0. The van der Waals surface area contributed by atoms with Gasteiger partial charge in [0.25, 0.3) is 0 Å². The number of rotatable bonds is 12. The fourth-order valence-electron chi connectivity index (χ4n) is 7.61. The van der Waals surface area contributed by atoms with Gasteiger partial charge >= 0.3 is 0 Å². The molecule has 3 aromatic rings. The molecule has 5 atom stereocenters. The summed E-state index contributed by atoms with van der Waals surface area (Å²) in [5, 5.41) is 17.3. The molecule has 0 radical (unpaired) electrons. The molecular formula is C35H41N3O6. The van der Waals surface area contributed by atoms with E-state index in [1.165, 1.54) is 0 Å². The third-order valence-corrected chi connectivity index (χ3v) is 9.56. The van der Waals surface area contributed by atoms with Crippen molar-refractivity contribution >= 4 is 39.9 Å². The van der Waals surface area contributed by atoms with E-state index >= 15 is 0 Å². The quantitative estimate of drug-likeness (QED) is 0.249. The molecule has 232 valence electrons. The van der Waals surface area contributed by atoms with E-state index in [0.29, 0.717) is 56.0 Å². The van der Waals surface area contributed by atoms with Crippen molar-refractivity contribution in [3.63, 3.8) is 0 Å². The number of aliphatic hydroxyl groups is 1. The fraction of sp³-hybridized carbons (Fsp3) is 0.457. The zero-order chi connectivity index (χ0) is 30.9. The van der Waals surface area contributed by atoms with E-state index in [2.05, 4.69) is 10.6 Å². The van der Waals surface area contributed by atoms with Crippen LogP contribution in [0.3, 0.4) is 0 Å². The highest BCUT2D eigenvalue weighted by molar-refractivity contribution is 6.05. The molecule has 2 unspecified atom stereocenters. The summed E-state index contributed by atoms with van der Waals surface area (Å²) in [6, 6.07) is 20.0. The van der Waals surface area contributed by atoms with E-state index in [9.17, 15) is 19.5 Å². The summed E-state index contributed by atoms with van der Waals surface area (Å²) in [4.78, 5) is 44.1. The lowest BCUT2D eigenvalue weighted by Gasteiger charge is -2.33. The van der Waals surface area contributed by atoms with Gasteiger partial charge in [-0.1, -0.05) is 43.2 Å². The number of benzene rings is 3. The fourth-order valence-corrected chi connectivity index (χ4v) is 7.61. The van der Waals surface area contributed by atoms with Gasteiger partial charge in [0, 0.05) is 24.5 Å². The number of carbonyl (C=O) groups is 3. The second kappa shape index (κ2) is 12.2. The molecule has 3 amide bonds. The zero-order valence-corrected chi connectivity index (χ0v) is 25.4. The lowest BCUT2D eigenvalue weighted by atomic mass is 9.66. The summed E-state index contributed by atoms with van der Waals surface area (Å²) in [5.74, 6) is -1.60. The molecule has 9 heteroatoms. The maximum Gasteiger partial charge on any atom is 0.250 e. The first kappa shape index (κ1) is 30.1. The largest absolute Gasteiger partial charge is 0.494 e. The van der Waals surface area contributed by atoms with Crippen LogP contribution in [0.1, 0.15) is 52.4 Å². The second-order valence-electron chi connectivity index (χ2n) is 12.4. The molecule has 0 aliphatic carbocycles. The highest BCUT2D eigenvalue weighted by atomic mass is 16.5. The van der Waals surface area contributed by atoms with Crippen molar-refractivity contribution in [2.75, 3.05) is 30.4 Å². The minimum atomic E-state index is -1.10. The molecule has 6 rings (SSSR count). The lowest BCUT2D eigenvalue weighted by molar-refractivity contribution is -0.143. The number of nitrogens with zero attached hydrogens (tertiary/aromatic N) is 1. The first-order valence-electron chi connectivity index (χ1n) is 15.7. The topological polar surface area (TPSA) is 117 Å². The molecular weight excluding hydrogens is 558 g/mol. The standard InChI is InChI=1S/C35H41N3O6/c1-3-43-27-16-14-25(15-17-27)36-31(40)28-29-33(42)38(20-8-4-5-9-21-39)30(35(29)19-18-34(28,2)44-35)32(41)37-26-13-12-23-10-6-7-11-24(23)22-26/h6-7,10-17,22,28-30,39H,3-5,8-9,18-21H2,1-2H3,(H,36,40)(H,37,41)/t28-,29-,30?,34+,35?/m0/s1. The van der Waals surface area contributed by atoms with Crippen LogP contribution in [0.25, 0.3) is 10.8 Å². The summed E-state index contributed by atoms with van der Waals surface area (Å²) in [6.45, 7) is 4.86. The Bertz CT molecular complexity index is 1540. The summed E-state index contributed by atoms with van der Waals surface area (Å²) in [6.07, 6.45) is 4.13. The molecule has 9 nitrogen and oxygen atoms in total. The number of unbranched alkanes of at least 4 members (excludes halogenated alkanes) is 3. The smallest absolute Gasteiger partial charge is 0.250 e. The van der Waals surface area contributed by atoms with E-state index in [0.717, 1.165) is 23.6 Å². The van der Waals surface area contributed by atoms with Crippen molar-refractivity contribution in [1.29, 1.82) is 0 Å². The molecule has 0 aromatic heterocycles. The SMILES string of the molecule is CCOc1ccc(NC(=O)[C@@H]2[C@H]3C(=O)N(CCCCCCO)C(C(=O)Nc4ccc5ccccc5c4)C34CC[C@@]2(C)O4)cc1. The third-order valence-electron chi connectivity index (χ3n) is 9.56. The predicted octanol–water partition coefficient (Wildman–Crippen LogP) is 5.13. The Balaban J connectivity index is 1.28. The Morgan fingerprint density at radius 3 is 2.39 bits per heavy atom. The summed E-state index contributed by atoms with van der Waals surface area (Å²) < 4.78 is 12.3. The molecule has 3 heterocycles. The van der Waals surface area contributed by atoms with Crippen LogP contribution in [0, 0.1) is 11.8 Å². The van der Waals surface area contributed by atoms with Crippen LogP contribution in [-0.4, -0.2) is 64.7 Å². The Morgan fingerprint density at radius 1 is 0.932 bits per heavy atom. The van der Waals surface area contributed by atoms with Crippen LogP contribution in [0.15, 0.2) is 66.7 Å². The van der Waals surface area contributed by atoms with Crippen LogP contribution in [0.2, 0.25) is 0 Å². The minimum absolute atomic E-state index is 0.127. The molecule has 44 heavy (non-hydrogen) atoms. The van der Waals surface area contributed by atoms with Gasteiger partial charge in [0.2, 0.25) is 17.7 Å². The lowest BCUT2D eigenvalue weighted by Crippen LogP contribution is -2.53. The van der Waals surface area contributed by atoms with Gasteiger partial charge in [-0.05, 0) is 86.7 Å². The van der Waals surface area contributed by atoms with Crippen LogP contribution in [0.4, 0.5) is 11.4 Å². The van der Waals surface area contributed by atoms with Gasteiger partial charge in [0.05, 0.1) is 24.0 Å². The van der Waals surface area contributed by atoms with Crippen molar-refractivity contribution in [1.82, 2.24) is 4.90 Å². The number of anilines is 2. The van der Waals surface area contributed by atoms with Crippen molar-refractivity contribution in [3.8, 4) is 5.75 Å². The Morgan fingerprint density at radius 2 is 1.64 bits per heavy atom. The molecule has 2 bridgehead atoms. The van der Waals surface area contributed by atoms with E-state index in [1.807, 2.05) is 56.3 Å². The van der Waals surface area contributed by atoms with Crippen molar-refractivity contribution < 1.29 is 29.0 Å². The maximum absolute atomic E-state index is 14.3. The van der Waals surface area contributed by atoms with Gasteiger partial charge in [-0.15, -0.1) is 0 Å². The van der Waals surface area contributed by atoms with Crippen molar-refractivity contribution in [2.45, 2.75) is 69.6 Å². The molecule has 3 N–H and O–H groups in total. The number of amides is 3. The van der Waals surface area contributed by atoms with Gasteiger partial charge in [0.1, 0.15) is 17.4 Å². The molecule has 1 spiro atoms. The molecule has 3 aromatic carbocycles. The predicted molar refractivity (Wildman–Crippen MR) is 168 cm³/mol. The molecule has 3 fully saturated rings. The number of ether oxygens (including phenoxy) is 2. The average molecular weight is 600 g/mol. The molecule has 3 saturated heterocycles. The number of hydrogen-bond acceptors (Lipinski definition) is 6. The normalized spacial score (nSPS) is 27.0. The van der Waals surface area contributed by atoms with E-state index in [4.69, 9.17) is 9.47 Å². The number of hydrogen-bond donors (Lipinski definition) is 3. The number of likely N-dealkylation sites (tertiary alicyclic amines) is 1. The van der Waals surface area contributed by atoms with Crippen molar-refractivity contribution in [2.24, 2.45) is 11.8 Å². The number of carbonyl (C=O) groups excluding carboxylic acids is 3. The summed E-state index contributed by atoms with van der Waals surface area (Å²) in [5.41, 5.74) is -0.716. The van der Waals surface area contributed by atoms with Crippen LogP contribution < -0.4 is 15.4 Å². The molecule has 3 aliphatic heterocycles. The van der Waals surface area contributed by atoms with Crippen LogP contribution >= 0.6 is 0 Å². The van der Waals surface area contributed by atoms with Gasteiger partial charge in [0.15, 0.2) is 0 Å². The van der Waals surface area contributed by atoms with E-state index in [-0.39, 0.29) is 24.3 Å². The Hall–Kier alpha value is -3.95. The van der Waals surface area contributed by atoms with Gasteiger partial charge < -0.3 is 30.1 Å². The first-order valence-corrected chi connectivity index (χ1v) is 15.7. The second-order valence-corrected chi connectivity index (χ2v) is 12.4. The average Bonchev–Trinajstić information content (AvgIpc) is 3.58. The zero-order valence-electron chi connectivity index (χ0n) is 25.4. The van der Waals surface area contributed by atoms with Gasteiger partial charge in [-0.2, -0.15) is 0 Å². The highest BCUT2D eigenvalue weighted by Gasteiger charge is 2.77. The third kappa shape index (κ3) is 5.32. The minimum Gasteiger partial charge on any atom is -0.494 e. The molecule has 3 aliphatic rings. The highest BCUT2D eigenvalue weighted by Crippen LogP contribution is 2.63. The van der Waals surface area contributed by atoms with E-state index in [1.54, 1.807) is 29.2 Å². The maximum atomic E-state index is 14.3. The first-order chi connectivity index (χ1) is 21.3. The summed E-state index contributed by atoms with van der Waals surface area (Å²) in [7, 11) is 0. The van der Waals surface area contributed by atoms with E-state index < -0.39 is 29.1 Å². The van der Waals surface area contributed by atoms with Crippen molar-refractivity contribution in [3.05, 3.63) is 66.7 Å².